The third-order valence-electron chi connectivity index (χ3n) is 3.64. The lowest BCUT2D eigenvalue weighted by atomic mass is 9.97. The first-order chi connectivity index (χ1) is 9.52. The van der Waals surface area contributed by atoms with E-state index >= 15 is 0 Å². The highest BCUT2D eigenvalue weighted by molar-refractivity contribution is 6.31. The van der Waals surface area contributed by atoms with Gasteiger partial charge in [-0.15, -0.1) is 0 Å². The summed E-state index contributed by atoms with van der Waals surface area (Å²) in [4.78, 5) is 0. The van der Waals surface area contributed by atoms with Crippen molar-refractivity contribution in [2.45, 2.75) is 39.3 Å². The van der Waals surface area contributed by atoms with Crippen molar-refractivity contribution < 1.29 is 0 Å². The normalized spacial score (nSPS) is 12.9. The van der Waals surface area contributed by atoms with Gasteiger partial charge in [0.2, 0.25) is 0 Å². The zero-order valence-corrected chi connectivity index (χ0v) is 13.3. The first kappa shape index (κ1) is 15.1. The molecule has 0 radical (unpaired) electrons. The van der Waals surface area contributed by atoms with Gasteiger partial charge in [0.1, 0.15) is 0 Å². The molecule has 3 nitrogen and oxygen atoms in total. The third kappa shape index (κ3) is 3.22. The lowest BCUT2D eigenvalue weighted by Gasteiger charge is -2.18. The molecule has 2 rings (SSSR count). The molecule has 1 N–H and O–H groups in total. The number of halogens is 1. The van der Waals surface area contributed by atoms with Crippen LogP contribution in [0.25, 0.3) is 0 Å². The summed E-state index contributed by atoms with van der Waals surface area (Å²) in [7, 11) is 1.98. The van der Waals surface area contributed by atoms with Crippen LogP contribution in [0.3, 0.4) is 0 Å². The summed E-state index contributed by atoms with van der Waals surface area (Å²) in [6, 6.07) is 8.77. The molecule has 1 aromatic heterocycles. The summed E-state index contributed by atoms with van der Waals surface area (Å²) in [6.45, 7) is 6.33. The number of benzene rings is 1. The highest BCUT2D eigenvalue weighted by Gasteiger charge is 2.15. The van der Waals surface area contributed by atoms with Crippen LogP contribution in [-0.4, -0.2) is 16.8 Å². The molecule has 20 heavy (non-hydrogen) atoms. The van der Waals surface area contributed by atoms with Crippen LogP contribution in [0.4, 0.5) is 0 Å². The summed E-state index contributed by atoms with van der Waals surface area (Å²) < 4.78 is 1.99. The van der Waals surface area contributed by atoms with Crippen LogP contribution >= 0.6 is 11.6 Å². The quantitative estimate of drug-likeness (QED) is 0.904. The summed E-state index contributed by atoms with van der Waals surface area (Å²) in [5.41, 5.74) is 3.47. The zero-order chi connectivity index (χ0) is 14.7. The highest BCUT2D eigenvalue weighted by Crippen LogP contribution is 2.26. The van der Waals surface area contributed by atoms with E-state index in [-0.39, 0.29) is 6.04 Å². The molecule has 1 aromatic carbocycles. The van der Waals surface area contributed by atoms with Gasteiger partial charge in [0, 0.05) is 29.7 Å². The number of nitrogens with zero attached hydrogens (tertiary/aromatic N) is 2. The van der Waals surface area contributed by atoms with E-state index in [2.05, 4.69) is 43.3 Å². The Kier molecular flexibility index (Phi) is 4.84. The number of hydrogen-bond acceptors (Lipinski definition) is 2. The molecule has 1 heterocycles. The maximum absolute atomic E-state index is 6.22. The van der Waals surface area contributed by atoms with Crippen LogP contribution in [0.1, 0.15) is 42.8 Å². The second-order valence-electron chi connectivity index (χ2n) is 5.38. The van der Waals surface area contributed by atoms with Crippen LogP contribution < -0.4 is 5.32 Å². The van der Waals surface area contributed by atoms with Crippen molar-refractivity contribution in [2.75, 3.05) is 7.05 Å². The van der Waals surface area contributed by atoms with Crippen LogP contribution in [0.15, 0.2) is 30.5 Å². The van der Waals surface area contributed by atoms with Gasteiger partial charge in [0.05, 0.1) is 5.69 Å². The van der Waals surface area contributed by atoms with Crippen LogP contribution in [0.2, 0.25) is 5.02 Å². The van der Waals surface area contributed by atoms with Gasteiger partial charge in [-0.1, -0.05) is 23.7 Å². The van der Waals surface area contributed by atoms with Crippen LogP contribution in [-0.2, 0) is 6.42 Å². The van der Waals surface area contributed by atoms with Crippen molar-refractivity contribution in [2.24, 2.45) is 0 Å². The molecular weight excluding hydrogens is 270 g/mol. The van der Waals surface area contributed by atoms with Gasteiger partial charge in [-0.3, -0.25) is 4.68 Å². The smallest absolute Gasteiger partial charge is 0.0643 e. The Bertz CT molecular complexity index is 575. The van der Waals surface area contributed by atoms with Gasteiger partial charge in [-0.25, -0.2) is 0 Å². The van der Waals surface area contributed by atoms with Gasteiger partial charge in [0.25, 0.3) is 0 Å². The molecule has 0 fully saturated rings. The molecule has 1 unspecified atom stereocenters. The van der Waals surface area contributed by atoms with E-state index in [1.165, 1.54) is 5.56 Å². The topological polar surface area (TPSA) is 29.9 Å². The average molecular weight is 292 g/mol. The summed E-state index contributed by atoms with van der Waals surface area (Å²) in [5.74, 6) is 0. The molecule has 0 bridgehead atoms. The van der Waals surface area contributed by atoms with E-state index in [9.17, 15) is 0 Å². The minimum absolute atomic E-state index is 0.226. The second kappa shape index (κ2) is 6.42. The Balaban J connectivity index is 2.22. The average Bonchev–Trinajstić information content (AvgIpc) is 2.88. The van der Waals surface area contributed by atoms with E-state index < -0.39 is 0 Å². The van der Waals surface area contributed by atoms with Gasteiger partial charge >= 0.3 is 0 Å². The highest BCUT2D eigenvalue weighted by atomic mass is 35.5. The SMILES string of the molecule is CNC(Cc1ccn(C(C)C)n1)c1cccc(Cl)c1C. The summed E-state index contributed by atoms with van der Waals surface area (Å²) in [5, 5.41) is 8.80. The number of rotatable bonds is 5. The fourth-order valence-corrected chi connectivity index (χ4v) is 2.53. The maximum atomic E-state index is 6.22. The van der Waals surface area contributed by atoms with E-state index in [4.69, 9.17) is 11.6 Å². The molecule has 0 amide bonds. The molecule has 2 aromatic rings. The fourth-order valence-electron chi connectivity index (χ4n) is 2.35. The third-order valence-corrected chi connectivity index (χ3v) is 4.05. The van der Waals surface area contributed by atoms with Gasteiger partial charge in [-0.2, -0.15) is 5.10 Å². The number of likely N-dealkylation sites (N-methyl/N-ethyl adjacent to an activating group) is 1. The molecular formula is C16H22ClN3. The molecule has 0 aliphatic rings. The van der Waals surface area contributed by atoms with Crippen molar-refractivity contribution >= 4 is 11.6 Å². The molecule has 0 aliphatic carbocycles. The minimum atomic E-state index is 0.226. The van der Waals surface area contributed by atoms with Crippen LogP contribution in [0.5, 0.6) is 0 Å². The monoisotopic (exact) mass is 291 g/mol. The first-order valence-electron chi connectivity index (χ1n) is 6.99. The molecule has 0 saturated heterocycles. The Labute approximate surface area is 126 Å². The zero-order valence-electron chi connectivity index (χ0n) is 12.5. The van der Waals surface area contributed by atoms with E-state index in [0.717, 1.165) is 22.7 Å². The predicted molar refractivity (Wildman–Crippen MR) is 84.3 cm³/mol. The van der Waals surface area contributed by atoms with E-state index in [1.807, 2.05) is 30.1 Å². The molecule has 108 valence electrons. The molecule has 1 atom stereocenters. The van der Waals surface area contributed by atoms with Gasteiger partial charge in [0.15, 0.2) is 0 Å². The number of aromatic nitrogens is 2. The van der Waals surface area contributed by atoms with E-state index in [0.29, 0.717) is 6.04 Å². The number of hydrogen-bond donors (Lipinski definition) is 1. The number of nitrogens with one attached hydrogen (secondary N) is 1. The van der Waals surface area contributed by atoms with Crippen molar-refractivity contribution in [1.29, 1.82) is 0 Å². The molecule has 0 spiro atoms. The molecule has 0 aliphatic heterocycles. The van der Waals surface area contributed by atoms with Crippen LogP contribution in [0, 0.1) is 6.92 Å². The van der Waals surface area contributed by atoms with Crippen molar-refractivity contribution in [3.63, 3.8) is 0 Å². The predicted octanol–water partition coefficient (Wildman–Crippen LogP) is 3.93. The van der Waals surface area contributed by atoms with Crippen molar-refractivity contribution in [1.82, 2.24) is 15.1 Å². The lowest BCUT2D eigenvalue weighted by Crippen LogP contribution is -2.20. The summed E-state index contributed by atoms with van der Waals surface area (Å²) >= 11 is 6.22. The lowest BCUT2D eigenvalue weighted by molar-refractivity contribution is 0.514. The second-order valence-corrected chi connectivity index (χ2v) is 5.79. The molecule has 4 heteroatoms. The summed E-state index contributed by atoms with van der Waals surface area (Å²) in [6.07, 6.45) is 2.90. The van der Waals surface area contributed by atoms with Crippen molar-refractivity contribution in [3.05, 3.63) is 52.3 Å². The largest absolute Gasteiger partial charge is 0.313 e. The Hall–Kier alpha value is -1.32. The minimum Gasteiger partial charge on any atom is -0.313 e. The van der Waals surface area contributed by atoms with Gasteiger partial charge in [-0.05, 0) is 51.1 Å². The van der Waals surface area contributed by atoms with Crippen molar-refractivity contribution in [3.8, 4) is 0 Å². The van der Waals surface area contributed by atoms with E-state index in [1.54, 1.807) is 0 Å². The Morgan fingerprint density at radius 1 is 1.30 bits per heavy atom. The molecule has 0 saturated carbocycles. The standard InChI is InChI=1S/C16H22ClN3/c1-11(2)20-9-8-13(19-20)10-16(18-4)14-6-5-7-15(17)12(14)3/h5-9,11,16,18H,10H2,1-4H3. The first-order valence-corrected chi connectivity index (χ1v) is 7.37. The Morgan fingerprint density at radius 3 is 2.65 bits per heavy atom. The van der Waals surface area contributed by atoms with Gasteiger partial charge < -0.3 is 5.32 Å². The maximum Gasteiger partial charge on any atom is 0.0643 e. The Morgan fingerprint density at radius 2 is 2.05 bits per heavy atom. The fraction of sp³-hybridized carbons (Fsp3) is 0.438.